The monoisotopic (exact) mass is 375 g/mol. The van der Waals surface area contributed by atoms with Crippen molar-refractivity contribution in [3.05, 3.63) is 69.7 Å². The number of rotatable bonds is 4. The van der Waals surface area contributed by atoms with Gasteiger partial charge in [0, 0.05) is 5.56 Å². The number of benzene rings is 2. The van der Waals surface area contributed by atoms with Gasteiger partial charge in [-0.05, 0) is 24.1 Å². The van der Waals surface area contributed by atoms with E-state index in [1.54, 1.807) is 30.3 Å². The lowest BCUT2D eigenvalue weighted by Crippen LogP contribution is -2.43. The summed E-state index contributed by atoms with van der Waals surface area (Å²) in [5.74, 6) is -0.439. The van der Waals surface area contributed by atoms with Gasteiger partial charge < -0.3 is 5.32 Å². The van der Waals surface area contributed by atoms with Crippen LogP contribution in [-0.2, 0) is 10.3 Å². The number of carbonyl (C=O) groups excluding carboxylic acids is 2. The number of imide groups is 1. The lowest BCUT2D eigenvalue weighted by atomic mass is 9.87. The van der Waals surface area contributed by atoms with E-state index in [2.05, 4.69) is 10.4 Å². The second-order valence-corrected chi connectivity index (χ2v) is 6.37. The Morgan fingerprint density at radius 1 is 1.08 bits per heavy atom. The Bertz CT molecular complexity index is 834. The smallest absolute Gasteiger partial charge is 0.318 e. The molecule has 3 rings (SSSR count). The summed E-state index contributed by atoms with van der Waals surface area (Å²) >= 11 is 12.2. The number of hydrogen-bond donors (Lipinski definition) is 1. The third-order valence-electron chi connectivity index (χ3n) is 4.17. The summed E-state index contributed by atoms with van der Waals surface area (Å²) < 4.78 is 0. The van der Waals surface area contributed by atoms with E-state index in [9.17, 15) is 9.59 Å². The number of urea groups is 1. The fourth-order valence-corrected chi connectivity index (χ4v) is 3.27. The maximum absolute atomic E-state index is 12.9. The molecule has 128 valence electrons. The molecule has 0 bridgehead atoms. The van der Waals surface area contributed by atoms with E-state index in [0.29, 0.717) is 27.6 Å². The van der Waals surface area contributed by atoms with Gasteiger partial charge in [0.15, 0.2) is 0 Å². The highest BCUT2D eigenvalue weighted by atomic mass is 35.5. The first-order valence-corrected chi connectivity index (χ1v) is 8.45. The van der Waals surface area contributed by atoms with Crippen LogP contribution in [0, 0.1) is 0 Å². The van der Waals surface area contributed by atoms with Crippen molar-refractivity contribution < 1.29 is 9.59 Å². The summed E-state index contributed by atoms with van der Waals surface area (Å²) in [6, 6.07) is 13.5. The second-order valence-electron chi connectivity index (χ2n) is 5.55. The Kier molecular flexibility index (Phi) is 4.79. The summed E-state index contributed by atoms with van der Waals surface area (Å²) in [4.78, 5) is 25.3. The fraction of sp³-hybridized carbons (Fsp3) is 0.167. The number of nitrogens with one attached hydrogen (secondary N) is 1. The molecule has 2 aromatic rings. The molecule has 5 nitrogen and oxygen atoms in total. The van der Waals surface area contributed by atoms with Crippen LogP contribution >= 0.6 is 23.2 Å². The van der Waals surface area contributed by atoms with E-state index in [4.69, 9.17) is 23.2 Å². The number of amides is 3. The zero-order valence-corrected chi connectivity index (χ0v) is 14.9. The molecule has 1 heterocycles. The zero-order chi connectivity index (χ0) is 18.0. The predicted molar refractivity (Wildman–Crippen MR) is 97.8 cm³/mol. The van der Waals surface area contributed by atoms with E-state index in [0.717, 1.165) is 5.01 Å². The van der Waals surface area contributed by atoms with Gasteiger partial charge in [-0.2, -0.15) is 5.10 Å². The van der Waals surface area contributed by atoms with Crippen molar-refractivity contribution in [3.8, 4) is 0 Å². The number of halogens is 2. The van der Waals surface area contributed by atoms with Crippen LogP contribution in [0.2, 0.25) is 10.0 Å². The molecule has 3 amide bonds. The van der Waals surface area contributed by atoms with Crippen molar-refractivity contribution in [2.24, 2.45) is 5.10 Å². The summed E-state index contributed by atoms with van der Waals surface area (Å²) in [5, 5.41) is 8.36. The molecule has 7 heteroatoms. The average molecular weight is 376 g/mol. The van der Waals surface area contributed by atoms with E-state index < -0.39 is 17.5 Å². The van der Waals surface area contributed by atoms with Gasteiger partial charge >= 0.3 is 6.03 Å². The Morgan fingerprint density at radius 2 is 1.72 bits per heavy atom. The predicted octanol–water partition coefficient (Wildman–Crippen LogP) is 4.18. The molecule has 0 aliphatic carbocycles. The highest BCUT2D eigenvalue weighted by Crippen LogP contribution is 2.32. The Morgan fingerprint density at radius 3 is 2.32 bits per heavy atom. The van der Waals surface area contributed by atoms with Crippen LogP contribution in [0.25, 0.3) is 0 Å². The number of nitrogens with zero attached hydrogens (tertiary/aromatic N) is 2. The molecule has 1 N–H and O–H groups in total. The van der Waals surface area contributed by atoms with Crippen LogP contribution in [0.15, 0.2) is 53.6 Å². The first-order valence-electron chi connectivity index (χ1n) is 7.70. The third kappa shape index (κ3) is 3.01. The second kappa shape index (κ2) is 6.86. The van der Waals surface area contributed by atoms with Gasteiger partial charge in [0.1, 0.15) is 5.54 Å². The molecular weight excluding hydrogens is 361 g/mol. The Labute approximate surface area is 155 Å². The van der Waals surface area contributed by atoms with Crippen LogP contribution < -0.4 is 5.32 Å². The average Bonchev–Trinajstić information content (AvgIpc) is 2.87. The minimum absolute atomic E-state index is 0.383. The van der Waals surface area contributed by atoms with Gasteiger partial charge in [0.2, 0.25) is 0 Å². The highest BCUT2D eigenvalue weighted by Gasteiger charge is 2.51. The molecule has 1 saturated heterocycles. The first kappa shape index (κ1) is 17.5. The molecule has 0 spiro atoms. The minimum Gasteiger partial charge on any atom is -0.318 e. The van der Waals surface area contributed by atoms with Gasteiger partial charge in [-0.3, -0.25) is 4.79 Å². The summed E-state index contributed by atoms with van der Waals surface area (Å²) in [7, 11) is 0. The van der Waals surface area contributed by atoms with Crippen LogP contribution in [0.5, 0.6) is 0 Å². The van der Waals surface area contributed by atoms with Crippen LogP contribution in [0.1, 0.15) is 24.5 Å². The molecule has 1 fully saturated rings. The van der Waals surface area contributed by atoms with Gasteiger partial charge in [0.25, 0.3) is 5.91 Å². The molecular formula is C18H15Cl2N3O2. The lowest BCUT2D eigenvalue weighted by molar-refractivity contribution is -0.131. The molecule has 2 aromatic carbocycles. The summed E-state index contributed by atoms with van der Waals surface area (Å²) in [6.07, 6.45) is 1.72. The largest absolute Gasteiger partial charge is 0.346 e. The number of hydrogen-bond acceptors (Lipinski definition) is 3. The lowest BCUT2D eigenvalue weighted by Gasteiger charge is -2.24. The van der Waals surface area contributed by atoms with Crippen LogP contribution in [0.3, 0.4) is 0 Å². The molecule has 0 saturated carbocycles. The van der Waals surface area contributed by atoms with E-state index in [1.807, 2.05) is 25.1 Å². The molecule has 0 aromatic heterocycles. The van der Waals surface area contributed by atoms with E-state index >= 15 is 0 Å². The summed E-state index contributed by atoms with van der Waals surface area (Å²) in [6.45, 7) is 1.84. The molecule has 1 aliphatic rings. The van der Waals surface area contributed by atoms with Crippen molar-refractivity contribution in [2.45, 2.75) is 18.9 Å². The van der Waals surface area contributed by atoms with Crippen molar-refractivity contribution in [2.75, 3.05) is 0 Å². The van der Waals surface area contributed by atoms with E-state index in [-0.39, 0.29) is 0 Å². The molecule has 1 atom stereocenters. The molecule has 0 radical (unpaired) electrons. The van der Waals surface area contributed by atoms with Gasteiger partial charge in [-0.1, -0.05) is 66.5 Å². The Hall–Kier alpha value is -2.37. The van der Waals surface area contributed by atoms with Gasteiger partial charge in [0.05, 0.1) is 16.3 Å². The number of carbonyl (C=O) groups is 2. The maximum Gasteiger partial charge on any atom is 0.346 e. The van der Waals surface area contributed by atoms with Crippen molar-refractivity contribution in [3.63, 3.8) is 0 Å². The van der Waals surface area contributed by atoms with Crippen molar-refractivity contribution in [1.82, 2.24) is 10.3 Å². The van der Waals surface area contributed by atoms with Crippen molar-refractivity contribution in [1.29, 1.82) is 0 Å². The fourth-order valence-electron chi connectivity index (χ4n) is 2.78. The maximum atomic E-state index is 12.9. The van der Waals surface area contributed by atoms with E-state index in [1.165, 1.54) is 6.21 Å². The normalized spacial score (nSPS) is 20.4. The topological polar surface area (TPSA) is 61.8 Å². The van der Waals surface area contributed by atoms with Crippen molar-refractivity contribution >= 4 is 41.4 Å². The standard InChI is InChI=1S/C18H15Cl2N3O2/c1-2-18(12-7-4-3-5-8-12)16(24)23(17(25)22-18)21-11-13-14(19)9-6-10-15(13)20/h3-11H,2H2,1H3,(H,22,25)/t18-/m0/s1. The summed E-state index contributed by atoms with van der Waals surface area (Å²) in [5.41, 5.74) is 0.0319. The van der Waals surface area contributed by atoms with Crippen LogP contribution in [0.4, 0.5) is 4.79 Å². The van der Waals surface area contributed by atoms with Gasteiger partial charge in [-0.15, -0.1) is 5.01 Å². The minimum atomic E-state index is -1.13. The Balaban J connectivity index is 1.95. The van der Waals surface area contributed by atoms with Crippen LogP contribution in [-0.4, -0.2) is 23.2 Å². The first-order chi connectivity index (χ1) is 12.0. The molecule has 0 unspecified atom stereocenters. The third-order valence-corrected chi connectivity index (χ3v) is 4.83. The SMILES string of the molecule is CC[C@@]1(c2ccccc2)NC(=O)N(N=Cc2c(Cl)cccc2Cl)C1=O. The molecule has 25 heavy (non-hydrogen) atoms. The quantitative estimate of drug-likeness (QED) is 0.643. The highest BCUT2D eigenvalue weighted by molar-refractivity contribution is 6.38. The zero-order valence-electron chi connectivity index (χ0n) is 13.4. The molecule has 1 aliphatic heterocycles. The number of hydrazone groups is 1. The van der Waals surface area contributed by atoms with Gasteiger partial charge in [-0.25, -0.2) is 4.79 Å².